The molecule has 0 bridgehead atoms. The number of aromatic hydroxyl groups is 1. The van der Waals surface area contributed by atoms with Crippen molar-refractivity contribution in [1.82, 2.24) is 26.3 Å². The van der Waals surface area contributed by atoms with Gasteiger partial charge >= 0.3 is 0 Å². The number of amides is 4. The molecule has 4 rings (SSSR count). The van der Waals surface area contributed by atoms with Gasteiger partial charge in [-0.1, -0.05) is 31.5 Å². The van der Waals surface area contributed by atoms with E-state index in [1.54, 1.807) is 50.5 Å². The lowest BCUT2D eigenvalue weighted by Gasteiger charge is -2.37. The molecule has 6 atom stereocenters. The Morgan fingerprint density at radius 2 is 1.74 bits per heavy atom. The second-order valence-corrected chi connectivity index (χ2v) is 10.4. The molecule has 11 nitrogen and oxygen atoms in total. The SMILES string of the molecule is C[C@H]1NC(=O)C(C2CCC2)NC(=O)[C@H](C)[C@H](O)[C@H](Cc2cccnc2)NC(=O)[C@H]1NC(=O)c1ccccc1O. The lowest BCUT2D eigenvalue weighted by molar-refractivity contribution is -0.137. The second kappa shape index (κ2) is 12.2. The molecule has 0 spiro atoms. The van der Waals surface area contributed by atoms with Crippen LogP contribution in [0.4, 0.5) is 0 Å². The fourth-order valence-corrected chi connectivity index (χ4v) is 4.96. The van der Waals surface area contributed by atoms with Crippen molar-refractivity contribution in [2.24, 2.45) is 11.8 Å². The van der Waals surface area contributed by atoms with Gasteiger partial charge in [0.05, 0.1) is 29.7 Å². The zero-order valence-corrected chi connectivity index (χ0v) is 22.0. The molecule has 1 aliphatic heterocycles. The summed E-state index contributed by atoms with van der Waals surface area (Å²) in [6.07, 6.45) is 4.54. The highest BCUT2D eigenvalue weighted by Crippen LogP contribution is 2.30. The van der Waals surface area contributed by atoms with E-state index in [-0.39, 0.29) is 23.7 Å². The van der Waals surface area contributed by atoms with E-state index in [9.17, 15) is 29.4 Å². The molecule has 1 unspecified atom stereocenters. The number of carbonyl (C=O) groups excluding carboxylic acids is 4. The van der Waals surface area contributed by atoms with E-state index >= 15 is 0 Å². The third-order valence-corrected chi connectivity index (χ3v) is 7.63. The number of phenols is 1. The number of nitrogens with one attached hydrogen (secondary N) is 4. The van der Waals surface area contributed by atoms with Gasteiger partial charge in [0.25, 0.3) is 5.91 Å². The van der Waals surface area contributed by atoms with E-state index in [4.69, 9.17) is 0 Å². The number of carbonyl (C=O) groups is 4. The molecular weight excluding hydrogens is 502 g/mol. The molecule has 2 heterocycles. The van der Waals surface area contributed by atoms with Crippen LogP contribution in [0.5, 0.6) is 5.75 Å². The van der Waals surface area contributed by atoms with Crippen LogP contribution in [0.25, 0.3) is 0 Å². The van der Waals surface area contributed by atoms with Crippen LogP contribution in [-0.2, 0) is 20.8 Å². The third-order valence-electron chi connectivity index (χ3n) is 7.63. The first-order valence-corrected chi connectivity index (χ1v) is 13.2. The smallest absolute Gasteiger partial charge is 0.255 e. The molecule has 1 saturated heterocycles. The van der Waals surface area contributed by atoms with Crippen molar-refractivity contribution in [2.75, 3.05) is 0 Å². The van der Waals surface area contributed by atoms with Crippen molar-refractivity contribution in [3.63, 3.8) is 0 Å². The highest BCUT2D eigenvalue weighted by Gasteiger charge is 2.41. The van der Waals surface area contributed by atoms with Crippen molar-refractivity contribution in [1.29, 1.82) is 0 Å². The summed E-state index contributed by atoms with van der Waals surface area (Å²) >= 11 is 0. The van der Waals surface area contributed by atoms with E-state index in [0.29, 0.717) is 0 Å². The van der Waals surface area contributed by atoms with Crippen LogP contribution in [0, 0.1) is 11.8 Å². The molecule has 39 heavy (non-hydrogen) atoms. The second-order valence-electron chi connectivity index (χ2n) is 10.4. The third kappa shape index (κ3) is 6.54. The van der Waals surface area contributed by atoms with E-state index in [1.165, 1.54) is 12.1 Å². The van der Waals surface area contributed by atoms with E-state index in [0.717, 1.165) is 24.8 Å². The Labute approximate surface area is 226 Å². The molecule has 1 aromatic carbocycles. The molecule has 2 aromatic rings. The minimum Gasteiger partial charge on any atom is -0.507 e. The molecule has 4 amide bonds. The molecule has 2 fully saturated rings. The van der Waals surface area contributed by atoms with Crippen LogP contribution in [0.15, 0.2) is 48.8 Å². The Morgan fingerprint density at radius 3 is 2.38 bits per heavy atom. The van der Waals surface area contributed by atoms with Crippen molar-refractivity contribution in [3.8, 4) is 5.75 Å². The lowest BCUT2D eigenvalue weighted by atomic mass is 9.78. The largest absolute Gasteiger partial charge is 0.507 e. The summed E-state index contributed by atoms with van der Waals surface area (Å²) in [5.41, 5.74) is 0.695. The van der Waals surface area contributed by atoms with Crippen LogP contribution in [0.3, 0.4) is 0 Å². The van der Waals surface area contributed by atoms with Gasteiger partial charge in [-0.25, -0.2) is 0 Å². The van der Waals surface area contributed by atoms with Crippen LogP contribution in [0.1, 0.15) is 49.0 Å². The molecule has 1 aliphatic carbocycles. The predicted octanol–water partition coefficient (Wildman–Crippen LogP) is 0.413. The summed E-state index contributed by atoms with van der Waals surface area (Å²) in [7, 11) is 0. The van der Waals surface area contributed by atoms with Gasteiger partial charge in [0, 0.05) is 12.4 Å². The van der Waals surface area contributed by atoms with Gasteiger partial charge in [-0.15, -0.1) is 0 Å². The highest BCUT2D eigenvalue weighted by atomic mass is 16.3. The van der Waals surface area contributed by atoms with Gasteiger partial charge in [0.2, 0.25) is 17.7 Å². The summed E-state index contributed by atoms with van der Waals surface area (Å²) in [6, 6.07) is 5.55. The number of aliphatic hydroxyl groups is 1. The first kappa shape index (κ1) is 28.0. The fourth-order valence-electron chi connectivity index (χ4n) is 4.96. The molecule has 1 saturated carbocycles. The van der Waals surface area contributed by atoms with Crippen LogP contribution in [0.2, 0.25) is 0 Å². The van der Waals surface area contributed by atoms with Crippen molar-refractivity contribution >= 4 is 23.6 Å². The molecule has 6 N–H and O–H groups in total. The first-order valence-electron chi connectivity index (χ1n) is 13.2. The van der Waals surface area contributed by atoms with Crippen LogP contribution < -0.4 is 21.3 Å². The molecule has 0 radical (unpaired) electrons. The summed E-state index contributed by atoms with van der Waals surface area (Å²) in [6.45, 7) is 3.12. The summed E-state index contributed by atoms with van der Waals surface area (Å²) in [4.78, 5) is 57.2. The number of phenolic OH excluding ortho intramolecular Hbond substituents is 1. The van der Waals surface area contributed by atoms with Gasteiger partial charge in [0.15, 0.2) is 0 Å². The zero-order valence-electron chi connectivity index (χ0n) is 22.0. The predicted molar refractivity (Wildman–Crippen MR) is 141 cm³/mol. The quantitative estimate of drug-likeness (QED) is 0.321. The van der Waals surface area contributed by atoms with E-state index in [2.05, 4.69) is 26.3 Å². The Morgan fingerprint density at radius 1 is 1.00 bits per heavy atom. The Kier molecular flexibility index (Phi) is 8.80. The number of hydrogen-bond acceptors (Lipinski definition) is 7. The zero-order chi connectivity index (χ0) is 28.1. The monoisotopic (exact) mass is 537 g/mol. The number of para-hydroxylation sites is 1. The average molecular weight is 538 g/mol. The van der Waals surface area contributed by atoms with Gasteiger partial charge in [-0.3, -0.25) is 24.2 Å². The van der Waals surface area contributed by atoms with Gasteiger partial charge in [-0.05, 0) is 55.9 Å². The van der Waals surface area contributed by atoms with E-state index in [1.807, 2.05) is 0 Å². The standard InChI is InChI=1S/C28H35N5O6/c1-15-24(35)20(13-17-7-6-12-29-14-17)31-27(38)22(32-26(37)19-10-3-4-11-21(19)34)16(2)30-28(39)23(33-25(15)36)18-8-5-9-18/h3-4,6-7,10-12,14-16,18,20,22-24,34-35H,5,8-9,13H2,1-2H3,(H,30,39)(H,31,38)(H,32,37)(H,33,36)/t15-,16-,20+,22+,23?,24+/m1/s1. The number of rotatable bonds is 5. The molecule has 1 aromatic heterocycles. The Bertz CT molecular complexity index is 1200. The molecule has 2 aliphatic rings. The normalized spacial score (nSPS) is 28.5. The summed E-state index contributed by atoms with van der Waals surface area (Å²) < 4.78 is 0. The van der Waals surface area contributed by atoms with Crippen molar-refractivity contribution in [3.05, 3.63) is 59.9 Å². The topological polar surface area (TPSA) is 170 Å². The Balaban J connectivity index is 1.67. The number of pyridine rings is 1. The maximum atomic E-state index is 13.6. The number of hydrogen-bond donors (Lipinski definition) is 6. The van der Waals surface area contributed by atoms with Crippen LogP contribution >= 0.6 is 0 Å². The summed E-state index contributed by atoms with van der Waals surface area (Å²) in [5, 5.41) is 32.4. The maximum Gasteiger partial charge on any atom is 0.255 e. The minimum absolute atomic E-state index is 0.0323. The van der Waals surface area contributed by atoms with E-state index < -0.39 is 59.8 Å². The molecule has 208 valence electrons. The Hall–Kier alpha value is -3.99. The molecule has 11 heteroatoms. The number of aromatic nitrogens is 1. The summed E-state index contributed by atoms with van der Waals surface area (Å²) in [5.74, 6) is -3.60. The van der Waals surface area contributed by atoms with Gasteiger partial charge in [0.1, 0.15) is 17.8 Å². The van der Waals surface area contributed by atoms with Crippen molar-refractivity contribution < 1.29 is 29.4 Å². The number of nitrogens with zero attached hydrogens (tertiary/aromatic N) is 1. The average Bonchev–Trinajstić information content (AvgIpc) is 2.89. The lowest BCUT2D eigenvalue weighted by Crippen LogP contribution is -2.64. The van der Waals surface area contributed by atoms with Gasteiger partial charge in [-0.2, -0.15) is 0 Å². The molecular formula is C28H35N5O6. The highest BCUT2D eigenvalue weighted by molar-refractivity contribution is 6.00. The minimum atomic E-state index is -1.30. The fraction of sp³-hybridized carbons (Fsp3) is 0.464. The maximum absolute atomic E-state index is 13.6. The van der Waals surface area contributed by atoms with Crippen molar-refractivity contribution in [2.45, 2.75) is 69.8 Å². The number of aliphatic hydroxyl groups excluding tert-OH is 1. The van der Waals surface area contributed by atoms with Gasteiger partial charge < -0.3 is 31.5 Å². The first-order chi connectivity index (χ1) is 18.7. The van der Waals surface area contributed by atoms with Crippen LogP contribution in [-0.4, -0.2) is 69.1 Å². The number of benzene rings is 1.